The van der Waals surface area contributed by atoms with Crippen molar-refractivity contribution in [1.82, 2.24) is 10.2 Å². The quantitative estimate of drug-likeness (QED) is 0.547. The first-order valence-electron chi connectivity index (χ1n) is 6.40. The van der Waals surface area contributed by atoms with Gasteiger partial charge < -0.3 is 15.0 Å². The summed E-state index contributed by atoms with van der Waals surface area (Å²) in [4.78, 5) is 36.2. The van der Waals surface area contributed by atoms with E-state index in [4.69, 9.17) is 4.74 Å². The van der Waals surface area contributed by atoms with E-state index < -0.39 is 5.97 Å². The Morgan fingerprint density at radius 1 is 1.58 bits per heavy atom. The molecule has 0 radical (unpaired) electrons. The summed E-state index contributed by atoms with van der Waals surface area (Å²) in [6, 6.07) is 0. The summed E-state index contributed by atoms with van der Waals surface area (Å²) in [5.74, 6) is -0.887. The van der Waals surface area contributed by atoms with Crippen LogP contribution in [0.2, 0.25) is 0 Å². The van der Waals surface area contributed by atoms with Gasteiger partial charge in [0, 0.05) is 19.5 Å². The lowest BCUT2D eigenvalue weighted by Crippen LogP contribution is -2.46. The number of carbonyl (C=O) groups excluding carboxylic acids is 3. The number of nitrogens with one attached hydrogen (secondary N) is 1. The molecule has 0 aromatic rings. The molecule has 0 aromatic heterocycles. The molecular formula is C13H20N2O4. The van der Waals surface area contributed by atoms with Crippen molar-refractivity contribution in [3.05, 3.63) is 12.7 Å². The topological polar surface area (TPSA) is 75.7 Å². The minimum absolute atomic E-state index is 0.0373. The first-order valence-corrected chi connectivity index (χ1v) is 6.40. The largest absolute Gasteiger partial charge is 0.465 e. The lowest BCUT2D eigenvalue weighted by molar-refractivity contribution is -0.150. The van der Waals surface area contributed by atoms with Crippen LogP contribution in [0.25, 0.3) is 0 Å². The lowest BCUT2D eigenvalue weighted by Gasteiger charge is -2.28. The van der Waals surface area contributed by atoms with Crippen molar-refractivity contribution in [1.29, 1.82) is 0 Å². The van der Waals surface area contributed by atoms with Gasteiger partial charge in [0.25, 0.3) is 0 Å². The van der Waals surface area contributed by atoms with Crippen molar-refractivity contribution < 1.29 is 19.1 Å². The molecule has 2 amide bonds. The third-order valence-corrected chi connectivity index (χ3v) is 2.90. The zero-order chi connectivity index (χ0) is 14.3. The molecule has 6 heteroatoms. The molecule has 19 heavy (non-hydrogen) atoms. The summed E-state index contributed by atoms with van der Waals surface area (Å²) in [5, 5.41) is 2.66. The number of rotatable bonds is 6. The highest BCUT2D eigenvalue weighted by atomic mass is 16.5. The van der Waals surface area contributed by atoms with Gasteiger partial charge in [0.05, 0.1) is 12.5 Å². The van der Waals surface area contributed by atoms with Gasteiger partial charge in [0.2, 0.25) is 11.8 Å². The molecule has 1 rings (SSSR count). The zero-order valence-electron chi connectivity index (χ0n) is 11.2. The first kappa shape index (κ1) is 15.2. The molecule has 0 aromatic carbocycles. The van der Waals surface area contributed by atoms with Crippen molar-refractivity contribution in [2.75, 3.05) is 26.2 Å². The Hall–Kier alpha value is -1.85. The van der Waals surface area contributed by atoms with E-state index in [-0.39, 0.29) is 30.9 Å². The van der Waals surface area contributed by atoms with Crippen LogP contribution in [0.1, 0.15) is 19.8 Å². The van der Waals surface area contributed by atoms with Gasteiger partial charge in [-0.2, -0.15) is 0 Å². The molecule has 1 aliphatic heterocycles. The fourth-order valence-electron chi connectivity index (χ4n) is 1.95. The zero-order valence-corrected chi connectivity index (χ0v) is 11.2. The molecule has 1 N–H and O–H groups in total. The summed E-state index contributed by atoms with van der Waals surface area (Å²) in [7, 11) is 0. The van der Waals surface area contributed by atoms with Gasteiger partial charge in [0.15, 0.2) is 0 Å². The van der Waals surface area contributed by atoms with Crippen molar-refractivity contribution in [2.45, 2.75) is 19.8 Å². The number of hydrogen-bond acceptors (Lipinski definition) is 4. The second-order valence-corrected chi connectivity index (χ2v) is 4.35. The van der Waals surface area contributed by atoms with E-state index in [1.54, 1.807) is 13.0 Å². The minimum Gasteiger partial charge on any atom is -0.465 e. The molecule has 1 unspecified atom stereocenters. The number of amides is 2. The predicted molar refractivity (Wildman–Crippen MR) is 69.1 cm³/mol. The van der Waals surface area contributed by atoms with Gasteiger partial charge in [-0.3, -0.25) is 14.4 Å². The number of hydrogen-bond donors (Lipinski definition) is 1. The number of esters is 1. The molecule has 0 aliphatic carbocycles. The lowest BCUT2D eigenvalue weighted by atomic mass is 9.97. The number of ether oxygens (including phenoxy) is 1. The molecule has 1 saturated heterocycles. The second kappa shape index (κ2) is 7.56. The van der Waals surface area contributed by atoms with Crippen molar-refractivity contribution in [3.8, 4) is 0 Å². The Kier molecular flexibility index (Phi) is 6.05. The Morgan fingerprint density at radius 2 is 2.32 bits per heavy atom. The Labute approximate surface area is 112 Å². The van der Waals surface area contributed by atoms with Gasteiger partial charge >= 0.3 is 5.97 Å². The summed E-state index contributed by atoms with van der Waals surface area (Å²) >= 11 is 0. The van der Waals surface area contributed by atoms with E-state index in [2.05, 4.69) is 11.9 Å². The first-order chi connectivity index (χ1) is 9.08. The van der Waals surface area contributed by atoms with Crippen LogP contribution in [-0.4, -0.2) is 48.9 Å². The molecule has 6 nitrogen and oxygen atoms in total. The highest BCUT2D eigenvalue weighted by Gasteiger charge is 2.29. The maximum Gasteiger partial charge on any atom is 0.325 e. The van der Waals surface area contributed by atoms with E-state index in [9.17, 15) is 14.4 Å². The fourth-order valence-corrected chi connectivity index (χ4v) is 1.95. The van der Waals surface area contributed by atoms with Gasteiger partial charge in [-0.25, -0.2) is 0 Å². The highest BCUT2D eigenvalue weighted by molar-refractivity contribution is 5.86. The van der Waals surface area contributed by atoms with Crippen molar-refractivity contribution in [2.24, 2.45) is 5.92 Å². The average molecular weight is 268 g/mol. The van der Waals surface area contributed by atoms with Crippen molar-refractivity contribution >= 4 is 17.8 Å². The van der Waals surface area contributed by atoms with Crippen LogP contribution < -0.4 is 5.32 Å². The van der Waals surface area contributed by atoms with E-state index in [0.717, 1.165) is 0 Å². The monoisotopic (exact) mass is 268 g/mol. The van der Waals surface area contributed by atoms with Gasteiger partial charge in [-0.1, -0.05) is 6.08 Å². The number of piperidine rings is 1. The number of nitrogens with zero attached hydrogens (tertiary/aromatic N) is 1. The van der Waals surface area contributed by atoms with E-state index in [1.807, 2.05) is 0 Å². The van der Waals surface area contributed by atoms with Crippen LogP contribution in [0.3, 0.4) is 0 Å². The van der Waals surface area contributed by atoms with Crippen LogP contribution in [0.4, 0.5) is 0 Å². The molecule has 0 spiro atoms. The maximum atomic E-state index is 12.3. The van der Waals surface area contributed by atoms with Crippen molar-refractivity contribution in [3.63, 3.8) is 0 Å². The molecule has 106 valence electrons. The normalized spacial score (nSPS) is 18.4. The molecule has 1 fully saturated rings. The van der Waals surface area contributed by atoms with E-state index in [1.165, 1.54) is 4.90 Å². The molecule has 0 bridgehead atoms. The Morgan fingerprint density at radius 3 is 2.84 bits per heavy atom. The van der Waals surface area contributed by atoms with Gasteiger partial charge in [-0.05, 0) is 13.3 Å². The molecule has 0 saturated carbocycles. The molecule has 1 heterocycles. The van der Waals surface area contributed by atoms with E-state index in [0.29, 0.717) is 25.9 Å². The third kappa shape index (κ3) is 4.73. The van der Waals surface area contributed by atoms with Crippen LogP contribution >= 0.6 is 0 Å². The SMILES string of the molecule is C=CCN(CC(=O)OCC)C(=O)C1CCC(=O)NC1. The highest BCUT2D eigenvalue weighted by Crippen LogP contribution is 2.14. The minimum atomic E-state index is -0.433. The van der Waals surface area contributed by atoms with Gasteiger partial charge in [0.1, 0.15) is 6.54 Å². The summed E-state index contributed by atoms with van der Waals surface area (Å²) in [5.41, 5.74) is 0. The summed E-state index contributed by atoms with van der Waals surface area (Å²) < 4.78 is 4.84. The summed E-state index contributed by atoms with van der Waals surface area (Å²) in [6.07, 6.45) is 2.43. The Balaban J connectivity index is 2.59. The number of carbonyl (C=O) groups is 3. The van der Waals surface area contributed by atoms with E-state index >= 15 is 0 Å². The smallest absolute Gasteiger partial charge is 0.325 e. The van der Waals surface area contributed by atoms with Gasteiger partial charge in [-0.15, -0.1) is 6.58 Å². The Bertz CT molecular complexity index is 358. The third-order valence-electron chi connectivity index (χ3n) is 2.90. The molecule has 1 atom stereocenters. The standard InChI is InChI=1S/C13H20N2O4/c1-3-7-15(9-12(17)19-4-2)13(18)10-5-6-11(16)14-8-10/h3,10H,1,4-9H2,2H3,(H,14,16). The average Bonchev–Trinajstić information content (AvgIpc) is 2.38. The maximum absolute atomic E-state index is 12.3. The molecular weight excluding hydrogens is 248 g/mol. The van der Waals surface area contributed by atoms with Crippen LogP contribution in [0.5, 0.6) is 0 Å². The van der Waals surface area contributed by atoms with Crippen LogP contribution in [-0.2, 0) is 19.1 Å². The predicted octanol–water partition coefficient (Wildman–Crippen LogP) is 0.0903. The van der Waals surface area contributed by atoms with Crippen LogP contribution in [0.15, 0.2) is 12.7 Å². The summed E-state index contributed by atoms with van der Waals surface area (Å²) in [6.45, 7) is 6.12. The fraction of sp³-hybridized carbons (Fsp3) is 0.615. The second-order valence-electron chi connectivity index (χ2n) is 4.35. The molecule has 1 aliphatic rings. The van der Waals surface area contributed by atoms with Crippen LogP contribution in [0, 0.1) is 5.92 Å².